The second kappa shape index (κ2) is 5.38. The van der Waals surface area contributed by atoms with Gasteiger partial charge >= 0.3 is 0 Å². The highest BCUT2D eigenvalue weighted by atomic mass is 32.1. The van der Waals surface area contributed by atoms with Crippen LogP contribution in [0.15, 0.2) is 30.5 Å². The first-order valence-electron chi connectivity index (χ1n) is 6.45. The number of hydrogen-bond donors (Lipinski definition) is 2. The van der Waals surface area contributed by atoms with Gasteiger partial charge in [0.15, 0.2) is 5.13 Å². The first kappa shape index (κ1) is 13.9. The molecule has 3 rings (SSSR count). The monoisotopic (exact) mass is 314 g/mol. The third-order valence-corrected chi connectivity index (χ3v) is 4.51. The molecular formula is C15H14N4S2. The van der Waals surface area contributed by atoms with Crippen LogP contribution >= 0.6 is 23.6 Å². The minimum Gasteiger partial charge on any atom is -0.389 e. The molecule has 1 aromatic carbocycles. The van der Waals surface area contributed by atoms with Gasteiger partial charge in [0.05, 0.1) is 22.5 Å². The maximum atomic E-state index is 5.83. The Bertz CT molecular complexity index is 819. The molecule has 2 heterocycles. The molecule has 4 nitrogen and oxygen atoms in total. The molecule has 0 radical (unpaired) electrons. The van der Waals surface area contributed by atoms with E-state index in [0.717, 1.165) is 33.0 Å². The summed E-state index contributed by atoms with van der Waals surface area (Å²) in [7, 11) is 0. The molecule has 0 amide bonds. The Kier molecular flexibility index (Phi) is 3.57. The van der Waals surface area contributed by atoms with E-state index in [9.17, 15) is 0 Å². The third-order valence-electron chi connectivity index (χ3n) is 3.30. The van der Waals surface area contributed by atoms with Crippen LogP contribution in [0.5, 0.6) is 0 Å². The lowest BCUT2D eigenvalue weighted by molar-refractivity contribution is 1.23. The number of aryl methyl sites for hydroxylation is 2. The van der Waals surface area contributed by atoms with Crippen LogP contribution in [0.4, 0.5) is 10.8 Å². The van der Waals surface area contributed by atoms with E-state index in [1.807, 2.05) is 31.2 Å². The van der Waals surface area contributed by atoms with Gasteiger partial charge in [-0.3, -0.25) is 4.98 Å². The van der Waals surface area contributed by atoms with Crippen LogP contribution in [-0.4, -0.2) is 15.0 Å². The lowest BCUT2D eigenvalue weighted by Crippen LogP contribution is -2.12. The van der Waals surface area contributed by atoms with Crippen LogP contribution in [0, 0.1) is 13.8 Å². The Morgan fingerprint density at radius 1 is 1.29 bits per heavy atom. The fraction of sp³-hybridized carbons (Fsp3) is 0.133. The minimum atomic E-state index is 0.320. The standard InChI is InChI=1S/C15H14N4S2/c1-8-9(2)21-15(18-8)19-13-10-5-3-4-6-12(10)17-7-11(13)14(16)20/h3-7H,1-2H3,(H2,16,20)(H,17,18,19). The molecule has 0 aliphatic rings. The first-order valence-corrected chi connectivity index (χ1v) is 7.67. The molecule has 106 valence electrons. The van der Waals surface area contributed by atoms with Crippen LogP contribution in [-0.2, 0) is 0 Å². The van der Waals surface area contributed by atoms with E-state index in [1.54, 1.807) is 17.5 Å². The van der Waals surface area contributed by atoms with E-state index in [1.165, 1.54) is 4.88 Å². The van der Waals surface area contributed by atoms with Crippen LogP contribution in [0.25, 0.3) is 10.9 Å². The molecule has 0 saturated heterocycles. The zero-order valence-corrected chi connectivity index (χ0v) is 13.3. The summed E-state index contributed by atoms with van der Waals surface area (Å²) in [5, 5.41) is 5.17. The van der Waals surface area contributed by atoms with Crippen molar-refractivity contribution in [1.82, 2.24) is 9.97 Å². The van der Waals surface area contributed by atoms with Gasteiger partial charge in [0, 0.05) is 16.5 Å². The fourth-order valence-corrected chi connectivity index (χ4v) is 3.07. The number of hydrogen-bond acceptors (Lipinski definition) is 5. The summed E-state index contributed by atoms with van der Waals surface area (Å²) in [6, 6.07) is 7.89. The number of fused-ring (bicyclic) bond motifs is 1. The SMILES string of the molecule is Cc1nc(Nc2c(C(N)=S)cnc3ccccc23)sc1C. The summed E-state index contributed by atoms with van der Waals surface area (Å²) < 4.78 is 0. The van der Waals surface area contributed by atoms with Crippen molar-refractivity contribution < 1.29 is 0 Å². The Morgan fingerprint density at radius 3 is 2.71 bits per heavy atom. The smallest absolute Gasteiger partial charge is 0.187 e. The van der Waals surface area contributed by atoms with Crippen molar-refractivity contribution in [2.24, 2.45) is 5.73 Å². The van der Waals surface area contributed by atoms with Gasteiger partial charge in [-0.05, 0) is 19.9 Å². The van der Waals surface area contributed by atoms with E-state index < -0.39 is 0 Å². The van der Waals surface area contributed by atoms with Gasteiger partial charge in [0.25, 0.3) is 0 Å². The quantitative estimate of drug-likeness (QED) is 0.722. The van der Waals surface area contributed by atoms with Gasteiger partial charge in [-0.1, -0.05) is 30.4 Å². The molecule has 0 spiro atoms. The zero-order valence-electron chi connectivity index (χ0n) is 11.7. The van der Waals surface area contributed by atoms with Crippen molar-refractivity contribution in [3.8, 4) is 0 Å². The van der Waals surface area contributed by atoms with E-state index in [2.05, 4.69) is 22.2 Å². The van der Waals surface area contributed by atoms with Crippen LogP contribution in [0.1, 0.15) is 16.1 Å². The topological polar surface area (TPSA) is 63.8 Å². The second-order valence-electron chi connectivity index (χ2n) is 4.71. The van der Waals surface area contributed by atoms with Gasteiger partial charge in [0.2, 0.25) is 0 Å². The van der Waals surface area contributed by atoms with Crippen LogP contribution in [0.2, 0.25) is 0 Å². The number of anilines is 2. The molecule has 0 saturated carbocycles. The summed E-state index contributed by atoms with van der Waals surface area (Å²) in [5.74, 6) is 0. The molecule has 3 N–H and O–H groups in total. The predicted molar refractivity (Wildman–Crippen MR) is 92.5 cm³/mol. The zero-order chi connectivity index (χ0) is 15.0. The molecule has 0 atom stereocenters. The van der Waals surface area contributed by atoms with Gasteiger partial charge < -0.3 is 11.1 Å². The highest BCUT2D eigenvalue weighted by Crippen LogP contribution is 2.31. The van der Waals surface area contributed by atoms with Crippen LogP contribution < -0.4 is 11.1 Å². The summed E-state index contributed by atoms with van der Waals surface area (Å²) in [6.07, 6.45) is 1.71. The maximum Gasteiger partial charge on any atom is 0.187 e. The van der Waals surface area contributed by atoms with Crippen molar-refractivity contribution in [3.63, 3.8) is 0 Å². The average Bonchev–Trinajstić information content (AvgIpc) is 2.77. The molecule has 0 fully saturated rings. The lowest BCUT2D eigenvalue weighted by Gasteiger charge is -2.12. The normalized spacial score (nSPS) is 10.8. The summed E-state index contributed by atoms with van der Waals surface area (Å²) >= 11 is 6.75. The number of thiazole rings is 1. The number of benzene rings is 1. The highest BCUT2D eigenvalue weighted by Gasteiger charge is 2.13. The number of nitrogens with two attached hydrogens (primary N) is 1. The van der Waals surface area contributed by atoms with Gasteiger partial charge in [-0.2, -0.15) is 0 Å². The van der Waals surface area contributed by atoms with Crippen molar-refractivity contribution in [2.75, 3.05) is 5.32 Å². The molecule has 6 heteroatoms. The Labute approximate surface area is 132 Å². The Morgan fingerprint density at radius 2 is 2.05 bits per heavy atom. The highest BCUT2D eigenvalue weighted by molar-refractivity contribution is 7.80. The second-order valence-corrected chi connectivity index (χ2v) is 6.36. The summed E-state index contributed by atoms with van der Waals surface area (Å²) in [5.41, 5.74) is 9.34. The number of nitrogens with zero attached hydrogens (tertiary/aromatic N) is 2. The molecule has 21 heavy (non-hydrogen) atoms. The number of nitrogens with one attached hydrogen (secondary N) is 1. The number of rotatable bonds is 3. The number of pyridine rings is 1. The van der Waals surface area contributed by atoms with Crippen molar-refractivity contribution in [2.45, 2.75) is 13.8 Å². The van der Waals surface area contributed by atoms with E-state index in [-0.39, 0.29) is 0 Å². The predicted octanol–water partition coefficient (Wildman–Crippen LogP) is 3.69. The number of thiocarbonyl (C=S) groups is 1. The Balaban J connectivity index is 2.18. The molecule has 0 bridgehead atoms. The molecule has 0 aliphatic heterocycles. The van der Waals surface area contributed by atoms with E-state index >= 15 is 0 Å². The van der Waals surface area contributed by atoms with Crippen molar-refractivity contribution in [3.05, 3.63) is 46.6 Å². The third kappa shape index (κ3) is 2.59. The maximum absolute atomic E-state index is 5.83. The van der Waals surface area contributed by atoms with Gasteiger partial charge in [-0.15, -0.1) is 11.3 Å². The van der Waals surface area contributed by atoms with E-state index in [4.69, 9.17) is 18.0 Å². The average molecular weight is 314 g/mol. The fourth-order valence-electron chi connectivity index (χ4n) is 2.10. The molecule has 3 aromatic rings. The largest absolute Gasteiger partial charge is 0.389 e. The number of para-hydroxylation sites is 1. The minimum absolute atomic E-state index is 0.320. The van der Waals surface area contributed by atoms with Gasteiger partial charge in [0.1, 0.15) is 4.99 Å². The lowest BCUT2D eigenvalue weighted by atomic mass is 10.1. The molecule has 0 unspecified atom stereocenters. The summed E-state index contributed by atoms with van der Waals surface area (Å²) in [4.78, 5) is 10.4. The van der Waals surface area contributed by atoms with E-state index in [0.29, 0.717) is 4.99 Å². The van der Waals surface area contributed by atoms with Crippen molar-refractivity contribution >= 4 is 50.3 Å². The Hall–Kier alpha value is -2.05. The molecule has 0 aliphatic carbocycles. The summed E-state index contributed by atoms with van der Waals surface area (Å²) in [6.45, 7) is 4.05. The van der Waals surface area contributed by atoms with Crippen LogP contribution in [0.3, 0.4) is 0 Å². The molecular weight excluding hydrogens is 300 g/mol. The number of aromatic nitrogens is 2. The van der Waals surface area contributed by atoms with Crippen molar-refractivity contribution in [1.29, 1.82) is 0 Å². The van der Waals surface area contributed by atoms with Gasteiger partial charge in [-0.25, -0.2) is 4.98 Å². The molecule has 2 aromatic heterocycles. The first-order chi connectivity index (χ1) is 10.1.